The molecule has 4 heterocycles. The van der Waals surface area contributed by atoms with E-state index in [1.165, 1.54) is 5.56 Å². The number of nitrogens with one attached hydrogen (secondary N) is 1. The van der Waals surface area contributed by atoms with Crippen LogP contribution in [0.25, 0.3) is 10.2 Å². The van der Waals surface area contributed by atoms with Crippen molar-refractivity contribution in [1.82, 2.24) is 29.7 Å². The number of carbonyl (C=O) groups is 1. The number of hydrogen-bond acceptors (Lipinski definition) is 9. The lowest BCUT2D eigenvalue weighted by Crippen LogP contribution is -2.34. The van der Waals surface area contributed by atoms with Crippen molar-refractivity contribution in [2.75, 3.05) is 31.5 Å². The summed E-state index contributed by atoms with van der Waals surface area (Å²) >= 11 is 8.13. The van der Waals surface area contributed by atoms with Gasteiger partial charge < -0.3 is 19.9 Å². The number of thiophene rings is 1. The third-order valence-corrected chi connectivity index (χ3v) is 8.07. The molecule has 0 bridgehead atoms. The van der Waals surface area contributed by atoms with Gasteiger partial charge in [-0.15, -0.1) is 11.3 Å². The molecule has 0 spiro atoms. The number of ether oxygens (including phenoxy) is 1. The number of rotatable bonds is 10. The first-order valence-electron chi connectivity index (χ1n) is 12.9. The number of likely N-dealkylation sites (N-methyl/N-ethyl adjacent to an activating group) is 1. The maximum Gasteiger partial charge on any atom is 0.246 e. The minimum atomic E-state index is 0.0472. The summed E-state index contributed by atoms with van der Waals surface area (Å²) in [7, 11) is 0. The Kier molecular flexibility index (Phi) is 8.65. The molecule has 0 aliphatic carbocycles. The highest BCUT2D eigenvalue weighted by molar-refractivity contribution is 7.19. The monoisotopic (exact) mass is 563 g/mol. The molecule has 5 rings (SSSR count). The summed E-state index contributed by atoms with van der Waals surface area (Å²) in [5, 5.41) is 4.88. The molecular formula is C28H30ClN7O2S. The number of nitrogens with zero attached hydrogens (tertiary/aromatic N) is 6. The van der Waals surface area contributed by atoms with Gasteiger partial charge in [0, 0.05) is 42.1 Å². The number of amides is 1. The standard InChI is InChI=1S/C28H30ClN7O2S/c1-3-35(4-2)12-5-6-25(37)36-13-9-21-24(16-36)39-28-26(21)27(32-18-33-28)34-19-7-8-23(22(29)14-19)38-17-20-15-30-10-11-31-20/h5-8,10-11,14-15,18H,3-4,9,12-13,16-17H2,1-2H3,(H,32,33,34)/b6-5+. The first kappa shape index (κ1) is 27.0. The number of benzene rings is 1. The van der Waals surface area contributed by atoms with E-state index >= 15 is 0 Å². The van der Waals surface area contributed by atoms with E-state index in [0.29, 0.717) is 23.9 Å². The Balaban J connectivity index is 1.29. The fourth-order valence-electron chi connectivity index (χ4n) is 4.49. The quantitative estimate of drug-likeness (QED) is 0.262. The van der Waals surface area contributed by atoms with Crippen LogP contribution in [0.2, 0.25) is 5.02 Å². The molecule has 9 nitrogen and oxygen atoms in total. The number of carbonyl (C=O) groups excluding carboxylic acids is 1. The van der Waals surface area contributed by atoms with Crippen molar-refractivity contribution in [3.8, 4) is 5.75 Å². The van der Waals surface area contributed by atoms with Crippen molar-refractivity contribution < 1.29 is 9.53 Å². The SMILES string of the molecule is CCN(CC)C/C=C/C(=O)N1CCc2c(sc3ncnc(Nc4ccc(OCc5cnccn5)c(Cl)c4)c23)C1. The van der Waals surface area contributed by atoms with Gasteiger partial charge >= 0.3 is 0 Å². The Morgan fingerprint density at radius 1 is 1.23 bits per heavy atom. The van der Waals surface area contributed by atoms with Crippen LogP contribution in [-0.4, -0.2) is 61.8 Å². The molecule has 0 saturated carbocycles. The molecule has 11 heteroatoms. The molecule has 1 amide bonds. The largest absolute Gasteiger partial charge is 0.486 e. The summed E-state index contributed by atoms with van der Waals surface area (Å²) in [5.74, 6) is 1.33. The Bertz CT molecular complexity index is 1470. The van der Waals surface area contributed by atoms with Crippen LogP contribution >= 0.6 is 22.9 Å². The predicted octanol–water partition coefficient (Wildman–Crippen LogP) is 5.24. The molecule has 202 valence electrons. The van der Waals surface area contributed by atoms with Gasteiger partial charge in [-0.2, -0.15) is 0 Å². The fourth-order valence-corrected chi connectivity index (χ4v) is 5.93. The topological polar surface area (TPSA) is 96.4 Å². The van der Waals surface area contributed by atoms with Crippen LogP contribution in [0, 0.1) is 0 Å². The summed E-state index contributed by atoms with van der Waals surface area (Å²) in [5.41, 5.74) is 2.71. The minimum Gasteiger partial charge on any atom is -0.486 e. The highest BCUT2D eigenvalue weighted by Gasteiger charge is 2.25. The Hall–Kier alpha value is -3.60. The molecule has 39 heavy (non-hydrogen) atoms. The van der Waals surface area contributed by atoms with E-state index in [2.05, 4.69) is 44.0 Å². The summed E-state index contributed by atoms with van der Waals surface area (Å²) in [6.45, 7) is 8.48. The summed E-state index contributed by atoms with van der Waals surface area (Å²) in [6.07, 6.45) is 10.9. The highest BCUT2D eigenvalue weighted by atomic mass is 35.5. The van der Waals surface area contributed by atoms with Gasteiger partial charge in [-0.25, -0.2) is 9.97 Å². The van der Waals surface area contributed by atoms with E-state index < -0.39 is 0 Å². The number of anilines is 2. The maximum absolute atomic E-state index is 12.8. The van der Waals surface area contributed by atoms with E-state index in [1.54, 1.807) is 42.3 Å². The van der Waals surface area contributed by atoms with Crippen molar-refractivity contribution >= 4 is 50.6 Å². The normalized spacial score (nSPS) is 13.3. The fraction of sp³-hybridized carbons (Fsp3) is 0.321. The summed E-state index contributed by atoms with van der Waals surface area (Å²) in [6, 6.07) is 5.53. The second kappa shape index (κ2) is 12.5. The van der Waals surface area contributed by atoms with E-state index in [9.17, 15) is 4.79 Å². The van der Waals surface area contributed by atoms with Crippen LogP contribution in [0.5, 0.6) is 5.75 Å². The molecule has 1 N–H and O–H groups in total. The van der Waals surface area contributed by atoms with Crippen LogP contribution in [-0.2, 0) is 24.4 Å². The molecule has 0 atom stereocenters. The second-order valence-corrected chi connectivity index (χ2v) is 10.6. The first-order valence-corrected chi connectivity index (χ1v) is 14.1. The smallest absolute Gasteiger partial charge is 0.246 e. The van der Waals surface area contributed by atoms with E-state index in [4.69, 9.17) is 16.3 Å². The zero-order valence-corrected chi connectivity index (χ0v) is 23.5. The highest BCUT2D eigenvalue weighted by Crippen LogP contribution is 2.38. The lowest BCUT2D eigenvalue weighted by Gasteiger charge is -2.26. The molecule has 3 aromatic heterocycles. The lowest BCUT2D eigenvalue weighted by atomic mass is 10.0. The average Bonchev–Trinajstić information content (AvgIpc) is 3.34. The van der Waals surface area contributed by atoms with E-state index in [0.717, 1.165) is 58.3 Å². The van der Waals surface area contributed by atoms with E-state index in [-0.39, 0.29) is 12.5 Å². The van der Waals surface area contributed by atoms with Crippen LogP contribution < -0.4 is 10.1 Å². The Labute approximate surface area is 236 Å². The molecular weight excluding hydrogens is 534 g/mol. The van der Waals surface area contributed by atoms with Crippen LogP contribution in [0.3, 0.4) is 0 Å². The number of aromatic nitrogens is 4. The van der Waals surface area contributed by atoms with Gasteiger partial charge in [0.05, 0.1) is 28.8 Å². The summed E-state index contributed by atoms with van der Waals surface area (Å²) in [4.78, 5) is 36.4. The summed E-state index contributed by atoms with van der Waals surface area (Å²) < 4.78 is 5.81. The van der Waals surface area contributed by atoms with Gasteiger partial charge in [0.15, 0.2) is 0 Å². The predicted molar refractivity (Wildman–Crippen MR) is 155 cm³/mol. The maximum atomic E-state index is 12.8. The molecule has 1 aromatic carbocycles. The molecule has 0 radical (unpaired) electrons. The first-order chi connectivity index (χ1) is 19.1. The zero-order chi connectivity index (χ0) is 27.2. The molecule has 0 unspecified atom stereocenters. The van der Waals surface area contributed by atoms with Crippen molar-refractivity contribution in [2.24, 2.45) is 0 Å². The van der Waals surface area contributed by atoms with Crippen molar-refractivity contribution in [2.45, 2.75) is 33.4 Å². The van der Waals surface area contributed by atoms with Gasteiger partial charge in [-0.3, -0.25) is 14.8 Å². The van der Waals surface area contributed by atoms with Crippen molar-refractivity contribution in [1.29, 1.82) is 0 Å². The third-order valence-electron chi connectivity index (χ3n) is 6.65. The van der Waals surface area contributed by atoms with Crippen molar-refractivity contribution in [3.63, 3.8) is 0 Å². The third kappa shape index (κ3) is 6.35. The van der Waals surface area contributed by atoms with Crippen LogP contribution in [0.1, 0.15) is 30.0 Å². The van der Waals surface area contributed by atoms with Crippen LogP contribution in [0.15, 0.2) is 55.3 Å². The van der Waals surface area contributed by atoms with E-state index in [1.807, 2.05) is 29.2 Å². The average molecular weight is 564 g/mol. The molecule has 1 aliphatic heterocycles. The zero-order valence-electron chi connectivity index (χ0n) is 21.9. The number of fused-ring (bicyclic) bond motifs is 3. The number of hydrogen-bond donors (Lipinski definition) is 1. The van der Waals surface area contributed by atoms with Gasteiger partial charge in [-0.1, -0.05) is 31.5 Å². The van der Waals surface area contributed by atoms with Crippen molar-refractivity contribution in [3.05, 3.63) is 76.4 Å². The molecule has 1 aliphatic rings. The van der Waals surface area contributed by atoms with Crippen LogP contribution in [0.4, 0.5) is 11.5 Å². The molecule has 0 saturated heterocycles. The number of halogens is 1. The second-order valence-electron chi connectivity index (χ2n) is 9.06. The lowest BCUT2D eigenvalue weighted by molar-refractivity contribution is -0.126. The minimum absolute atomic E-state index is 0.0472. The Morgan fingerprint density at radius 3 is 2.87 bits per heavy atom. The Morgan fingerprint density at radius 2 is 2.10 bits per heavy atom. The molecule has 4 aromatic rings. The molecule has 0 fully saturated rings. The van der Waals surface area contributed by atoms with Gasteiger partial charge in [0.1, 0.15) is 29.3 Å². The van der Waals surface area contributed by atoms with Gasteiger partial charge in [-0.05, 0) is 43.3 Å². The van der Waals surface area contributed by atoms with Gasteiger partial charge in [0.2, 0.25) is 5.91 Å². The van der Waals surface area contributed by atoms with Gasteiger partial charge in [0.25, 0.3) is 0 Å².